The number of aromatic nitrogens is 3. The molecule has 0 bridgehead atoms. The highest BCUT2D eigenvalue weighted by atomic mass is 15.3. The van der Waals surface area contributed by atoms with Gasteiger partial charge in [-0.05, 0) is 36.4 Å². The molecule has 0 fully saturated rings. The van der Waals surface area contributed by atoms with Gasteiger partial charge in [0.15, 0.2) is 0 Å². The molecule has 2 N–H and O–H groups in total. The van der Waals surface area contributed by atoms with Crippen molar-refractivity contribution < 1.29 is 0 Å². The van der Waals surface area contributed by atoms with E-state index in [0.29, 0.717) is 0 Å². The first-order valence-corrected chi connectivity index (χ1v) is 7.39. The zero-order valence-electron chi connectivity index (χ0n) is 12.5. The molecule has 0 aliphatic rings. The molecule has 3 rings (SSSR count). The van der Waals surface area contributed by atoms with Crippen molar-refractivity contribution in [3.8, 4) is 0 Å². The normalized spacial score (nSPS) is 12.7. The summed E-state index contributed by atoms with van der Waals surface area (Å²) in [6.45, 7) is 5.03. The van der Waals surface area contributed by atoms with Crippen molar-refractivity contribution >= 4 is 10.8 Å². The highest BCUT2D eigenvalue weighted by molar-refractivity contribution is 5.85. The van der Waals surface area contributed by atoms with E-state index in [9.17, 15) is 0 Å². The van der Waals surface area contributed by atoms with E-state index in [2.05, 4.69) is 42.1 Å². The van der Waals surface area contributed by atoms with Crippen LogP contribution < -0.4 is 5.73 Å². The first-order valence-electron chi connectivity index (χ1n) is 7.39. The number of benzene rings is 1. The van der Waals surface area contributed by atoms with Gasteiger partial charge in [-0.25, -0.2) is 0 Å². The largest absolute Gasteiger partial charge is 0.319 e. The molecule has 1 unspecified atom stereocenters. The summed E-state index contributed by atoms with van der Waals surface area (Å²) in [5, 5.41) is 6.87. The second kappa shape index (κ2) is 5.66. The van der Waals surface area contributed by atoms with Gasteiger partial charge in [0.2, 0.25) is 0 Å². The SMILES string of the molecule is CCc1cc(C(N)c2cccc3cnccc23)n(CC)n1. The summed E-state index contributed by atoms with van der Waals surface area (Å²) >= 11 is 0. The Hall–Kier alpha value is -2.20. The fourth-order valence-corrected chi connectivity index (χ4v) is 2.74. The molecule has 4 nitrogen and oxygen atoms in total. The van der Waals surface area contributed by atoms with Gasteiger partial charge in [-0.15, -0.1) is 0 Å². The predicted octanol–water partition coefficient (Wildman–Crippen LogP) is 3.06. The predicted molar refractivity (Wildman–Crippen MR) is 85.1 cm³/mol. The highest BCUT2D eigenvalue weighted by Gasteiger charge is 2.17. The number of aryl methyl sites for hydroxylation is 2. The third-order valence-electron chi connectivity index (χ3n) is 3.89. The van der Waals surface area contributed by atoms with Gasteiger partial charge < -0.3 is 5.73 Å². The van der Waals surface area contributed by atoms with Crippen molar-refractivity contribution in [3.05, 3.63) is 59.7 Å². The standard InChI is InChI=1S/C17H20N4/c1-3-13-10-16(21(4-2)20-13)17(18)15-7-5-6-12-11-19-9-8-14(12)15/h5-11,17H,3-4,18H2,1-2H3. The highest BCUT2D eigenvalue weighted by Crippen LogP contribution is 2.27. The fraction of sp³-hybridized carbons (Fsp3) is 0.294. The van der Waals surface area contributed by atoms with Crippen LogP contribution in [0.3, 0.4) is 0 Å². The van der Waals surface area contributed by atoms with Gasteiger partial charge in [0.05, 0.1) is 17.4 Å². The van der Waals surface area contributed by atoms with E-state index < -0.39 is 0 Å². The molecule has 4 heteroatoms. The smallest absolute Gasteiger partial charge is 0.0729 e. The van der Waals surface area contributed by atoms with Gasteiger partial charge in [-0.3, -0.25) is 9.67 Å². The Bertz CT molecular complexity index is 755. The van der Waals surface area contributed by atoms with E-state index in [1.165, 1.54) is 0 Å². The number of pyridine rings is 1. The summed E-state index contributed by atoms with van der Waals surface area (Å²) in [4.78, 5) is 4.18. The monoisotopic (exact) mass is 280 g/mol. The van der Waals surface area contributed by atoms with Gasteiger partial charge >= 0.3 is 0 Å². The minimum Gasteiger partial charge on any atom is -0.319 e. The molecule has 108 valence electrons. The molecule has 2 heterocycles. The van der Waals surface area contributed by atoms with E-state index in [1.807, 2.05) is 29.2 Å². The Morgan fingerprint density at radius 1 is 1.24 bits per heavy atom. The Labute approximate surface area is 124 Å². The van der Waals surface area contributed by atoms with Crippen LogP contribution in [0.25, 0.3) is 10.8 Å². The zero-order chi connectivity index (χ0) is 14.8. The Morgan fingerprint density at radius 2 is 2.10 bits per heavy atom. The third kappa shape index (κ3) is 2.43. The van der Waals surface area contributed by atoms with E-state index in [4.69, 9.17) is 5.73 Å². The maximum absolute atomic E-state index is 6.55. The van der Waals surface area contributed by atoms with Crippen molar-refractivity contribution in [2.75, 3.05) is 0 Å². The van der Waals surface area contributed by atoms with Crippen LogP contribution >= 0.6 is 0 Å². The Kier molecular flexibility index (Phi) is 3.71. The number of hydrogen-bond donors (Lipinski definition) is 1. The number of rotatable bonds is 4. The van der Waals surface area contributed by atoms with Gasteiger partial charge in [0, 0.05) is 24.3 Å². The van der Waals surface area contributed by atoms with Crippen LogP contribution in [0.5, 0.6) is 0 Å². The third-order valence-corrected chi connectivity index (χ3v) is 3.89. The topological polar surface area (TPSA) is 56.7 Å². The summed E-state index contributed by atoms with van der Waals surface area (Å²) in [6.07, 6.45) is 4.61. The lowest BCUT2D eigenvalue weighted by Crippen LogP contribution is -2.17. The first-order chi connectivity index (χ1) is 10.2. The molecule has 21 heavy (non-hydrogen) atoms. The number of nitrogens with two attached hydrogens (primary N) is 1. The Balaban J connectivity index is 2.12. The van der Waals surface area contributed by atoms with Crippen molar-refractivity contribution in [3.63, 3.8) is 0 Å². The summed E-state index contributed by atoms with van der Waals surface area (Å²) in [7, 11) is 0. The quantitative estimate of drug-likeness (QED) is 0.799. The number of hydrogen-bond acceptors (Lipinski definition) is 3. The van der Waals surface area contributed by atoms with Crippen LogP contribution in [-0.2, 0) is 13.0 Å². The molecule has 0 amide bonds. The molecule has 1 atom stereocenters. The molecule has 0 aliphatic heterocycles. The van der Waals surface area contributed by atoms with E-state index in [1.54, 1.807) is 0 Å². The van der Waals surface area contributed by atoms with Gasteiger partial charge in [0.1, 0.15) is 0 Å². The maximum atomic E-state index is 6.55. The number of fused-ring (bicyclic) bond motifs is 1. The van der Waals surface area contributed by atoms with Gasteiger partial charge in [0.25, 0.3) is 0 Å². The second-order valence-corrected chi connectivity index (χ2v) is 5.15. The molecule has 0 spiro atoms. The van der Waals surface area contributed by atoms with E-state index >= 15 is 0 Å². The molecule has 3 aromatic rings. The van der Waals surface area contributed by atoms with Crippen molar-refractivity contribution in [2.24, 2.45) is 5.73 Å². The van der Waals surface area contributed by atoms with Crippen LogP contribution in [0.4, 0.5) is 0 Å². The summed E-state index contributed by atoms with van der Waals surface area (Å²) in [5.74, 6) is 0. The van der Waals surface area contributed by atoms with E-state index in [0.717, 1.165) is 40.7 Å². The van der Waals surface area contributed by atoms with E-state index in [-0.39, 0.29) is 6.04 Å². The first kappa shape index (κ1) is 13.8. The van der Waals surface area contributed by atoms with Crippen LogP contribution in [0, 0.1) is 0 Å². The average molecular weight is 280 g/mol. The molecule has 0 saturated heterocycles. The molecular weight excluding hydrogens is 260 g/mol. The zero-order valence-corrected chi connectivity index (χ0v) is 12.5. The Morgan fingerprint density at radius 3 is 2.86 bits per heavy atom. The summed E-state index contributed by atoms with van der Waals surface area (Å²) < 4.78 is 2.00. The van der Waals surface area contributed by atoms with Crippen LogP contribution in [0.1, 0.15) is 36.8 Å². The molecular formula is C17H20N4. The number of nitrogens with zero attached hydrogens (tertiary/aromatic N) is 3. The molecule has 1 aromatic carbocycles. The molecule has 2 aromatic heterocycles. The lowest BCUT2D eigenvalue weighted by molar-refractivity contribution is 0.596. The summed E-state index contributed by atoms with van der Waals surface area (Å²) in [5.41, 5.74) is 9.82. The lowest BCUT2D eigenvalue weighted by atomic mass is 9.98. The minimum absolute atomic E-state index is 0.177. The van der Waals surface area contributed by atoms with Crippen molar-refractivity contribution in [2.45, 2.75) is 32.9 Å². The van der Waals surface area contributed by atoms with Gasteiger partial charge in [-0.1, -0.05) is 25.1 Å². The van der Waals surface area contributed by atoms with Crippen molar-refractivity contribution in [1.82, 2.24) is 14.8 Å². The molecule has 0 saturated carbocycles. The average Bonchev–Trinajstić information content (AvgIpc) is 2.97. The molecule has 0 radical (unpaired) electrons. The summed E-state index contributed by atoms with van der Waals surface area (Å²) in [6, 6.07) is 10.2. The van der Waals surface area contributed by atoms with Gasteiger partial charge in [-0.2, -0.15) is 5.10 Å². The van der Waals surface area contributed by atoms with Crippen LogP contribution in [-0.4, -0.2) is 14.8 Å². The molecule has 0 aliphatic carbocycles. The maximum Gasteiger partial charge on any atom is 0.0729 e. The van der Waals surface area contributed by atoms with Crippen molar-refractivity contribution in [1.29, 1.82) is 0 Å². The van der Waals surface area contributed by atoms with Crippen LogP contribution in [0.15, 0.2) is 42.7 Å². The minimum atomic E-state index is -0.177. The lowest BCUT2D eigenvalue weighted by Gasteiger charge is -2.16. The second-order valence-electron chi connectivity index (χ2n) is 5.15. The fourth-order valence-electron chi connectivity index (χ4n) is 2.74. The van der Waals surface area contributed by atoms with Crippen LogP contribution in [0.2, 0.25) is 0 Å².